The topological polar surface area (TPSA) is 52.5 Å². The number of nitrogens with one attached hydrogen (secondary N) is 1. The smallest absolute Gasteiger partial charge is 0.115 e. The van der Waals surface area contributed by atoms with E-state index >= 15 is 0 Å². The summed E-state index contributed by atoms with van der Waals surface area (Å²) in [5.74, 6) is 0.609. The van der Waals surface area contributed by atoms with E-state index in [9.17, 15) is 5.11 Å². The van der Waals surface area contributed by atoms with Gasteiger partial charge in [0.25, 0.3) is 0 Å². The summed E-state index contributed by atoms with van der Waals surface area (Å²) in [6.07, 6.45) is 2.09. The second-order valence-corrected chi connectivity index (χ2v) is 5.09. The summed E-state index contributed by atoms with van der Waals surface area (Å²) < 4.78 is 0. The number of aliphatic hydroxyl groups is 1. The lowest BCUT2D eigenvalue weighted by Gasteiger charge is -2.24. The van der Waals surface area contributed by atoms with E-state index < -0.39 is 0 Å². The van der Waals surface area contributed by atoms with E-state index in [0.717, 1.165) is 12.8 Å². The molecule has 0 aliphatic heterocycles. The number of rotatable bonds is 4. The molecule has 0 saturated heterocycles. The highest BCUT2D eigenvalue weighted by Gasteiger charge is 2.25. The molecule has 1 aromatic rings. The number of benzene rings is 1. The number of aliphatic hydroxyl groups excluding tert-OH is 1. The van der Waals surface area contributed by atoms with Gasteiger partial charge in [0.1, 0.15) is 5.75 Å². The molecular weight excluding hydrogens is 214 g/mol. The van der Waals surface area contributed by atoms with Crippen molar-refractivity contribution in [2.75, 3.05) is 6.61 Å². The summed E-state index contributed by atoms with van der Waals surface area (Å²) in [7, 11) is 0. The number of fused-ring (bicyclic) bond motifs is 1. The van der Waals surface area contributed by atoms with Gasteiger partial charge in [0.05, 0.1) is 0 Å². The van der Waals surface area contributed by atoms with Gasteiger partial charge in [-0.3, -0.25) is 0 Å². The molecule has 1 aromatic carbocycles. The third-order valence-electron chi connectivity index (χ3n) is 3.81. The van der Waals surface area contributed by atoms with Crippen molar-refractivity contribution in [1.82, 2.24) is 5.32 Å². The van der Waals surface area contributed by atoms with Crippen molar-refractivity contribution >= 4 is 0 Å². The van der Waals surface area contributed by atoms with Gasteiger partial charge in [0.2, 0.25) is 0 Å². The highest BCUT2D eigenvalue weighted by atomic mass is 16.3. The van der Waals surface area contributed by atoms with Gasteiger partial charge in [-0.25, -0.2) is 0 Å². The van der Waals surface area contributed by atoms with Crippen LogP contribution in [0.2, 0.25) is 0 Å². The quantitative estimate of drug-likeness (QED) is 0.748. The van der Waals surface area contributed by atoms with Crippen LogP contribution in [0, 0.1) is 5.92 Å². The summed E-state index contributed by atoms with van der Waals surface area (Å²) in [4.78, 5) is 0. The van der Waals surface area contributed by atoms with Gasteiger partial charge in [-0.1, -0.05) is 13.0 Å². The van der Waals surface area contributed by atoms with E-state index in [2.05, 4.69) is 12.2 Å². The molecular formula is C14H21NO2. The fraction of sp³-hybridized carbons (Fsp3) is 0.571. The molecule has 0 bridgehead atoms. The Hall–Kier alpha value is -1.06. The molecule has 94 valence electrons. The minimum atomic E-state index is 0.212. The van der Waals surface area contributed by atoms with E-state index in [0.29, 0.717) is 17.8 Å². The normalized spacial score (nSPS) is 22.2. The second kappa shape index (κ2) is 5.07. The largest absolute Gasteiger partial charge is 0.508 e. The molecule has 17 heavy (non-hydrogen) atoms. The maximum Gasteiger partial charge on any atom is 0.115 e. The first-order valence-corrected chi connectivity index (χ1v) is 6.30. The van der Waals surface area contributed by atoms with Crippen molar-refractivity contribution < 1.29 is 10.2 Å². The average Bonchev–Trinajstić information content (AvgIpc) is 2.70. The predicted molar refractivity (Wildman–Crippen MR) is 68.0 cm³/mol. The van der Waals surface area contributed by atoms with Gasteiger partial charge < -0.3 is 15.5 Å². The molecule has 2 rings (SSSR count). The standard InChI is InChI=1S/C14H21NO2/c1-9(8-16)10(2)15-14-6-3-11-7-12(17)4-5-13(11)14/h4-5,7,9-10,14-17H,3,6,8H2,1-2H3. The van der Waals surface area contributed by atoms with Crippen LogP contribution in [0.5, 0.6) is 5.75 Å². The SMILES string of the molecule is CC(CO)C(C)NC1CCc2cc(O)ccc21. The van der Waals surface area contributed by atoms with Gasteiger partial charge in [0, 0.05) is 18.7 Å². The third-order valence-corrected chi connectivity index (χ3v) is 3.81. The number of hydrogen-bond acceptors (Lipinski definition) is 3. The lowest BCUT2D eigenvalue weighted by atomic mass is 10.0. The zero-order valence-electron chi connectivity index (χ0n) is 10.5. The number of phenolic OH excluding ortho intramolecular Hbond substituents is 1. The molecule has 0 aromatic heterocycles. The first-order valence-electron chi connectivity index (χ1n) is 6.30. The Morgan fingerprint density at radius 3 is 2.88 bits per heavy atom. The Labute approximate surface area is 102 Å². The van der Waals surface area contributed by atoms with E-state index in [1.54, 1.807) is 6.07 Å². The molecule has 1 aliphatic carbocycles. The molecule has 0 fully saturated rings. The van der Waals surface area contributed by atoms with E-state index in [1.807, 2.05) is 19.1 Å². The summed E-state index contributed by atoms with van der Waals surface area (Å²) >= 11 is 0. The Morgan fingerprint density at radius 2 is 2.18 bits per heavy atom. The van der Waals surface area contributed by atoms with Crippen LogP contribution in [0.1, 0.15) is 37.4 Å². The molecule has 0 radical (unpaired) electrons. The molecule has 0 spiro atoms. The van der Waals surface area contributed by atoms with Crippen molar-refractivity contribution in [2.24, 2.45) is 5.92 Å². The Balaban J connectivity index is 2.07. The van der Waals surface area contributed by atoms with Gasteiger partial charge >= 0.3 is 0 Å². The Bertz CT molecular complexity index is 392. The first kappa shape index (κ1) is 12.4. The molecule has 0 amide bonds. The van der Waals surface area contributed by atoms with Crippen LogP contribution in [-0.4, -0.2) is 22.9 Å². The minimum absolute atomic E-state index is 0.212. The third kappa shape index (κ3) is 2.61. The Kier molecular flexibility index (Phi) is 3.69. The number of aromatic hydroxyl groups is 1. The van der Waals surface area contributed by atoms with Crippen LogP contribution < -0.4 is 5.32 Å². The van der Waals surface area contributed by atoms with Crippen LogP contribution in [0.4, 0.5) is 0 Å². The fourth-order valence-electron chi connectivity index (χ4n) is 2.42. The van der Waals surface area contributed by atoms with E-state index in [4.69, 9.17) is 5.11 Å². The highest BCUT2D eigenvalue weighted by molar-refractivity contribution is 5.40. The van der Waals surface area contributed by atoms with Crippen molar-refractivity contribution in [3.8, 4) is 5.75 Å². The summed E-state index contributed by atoms with van der Waals surface area (Å²) in [6, 6.07) is 6.27. The average molecular weight is 235 g/mol. The zero-order valence-corrected chi connectivity index (χ0v) is 10.5. The lowest BCUT2D eigenvalue weighted by Crippen LogP contribution is -2.35. The van der Waals surface area contributed by atoms with Gasteiger partial charge in [-0.2, -0.15) is 0 Å². The molecule has 3 heteroatoms. The molecule has 3 N–H and O–H groups in total. The monoisotopic (exact) mass is 235 g/mol. The summed E-state index contributed by atoms with van der Waals surface area (Å²) in [6.45, 7) is 4.37. The minimum Gasteiger partial charge on any atom is -0.508 e. The molecule has 3 unspecified atom stereocenters. The van der Waals surface area contributed by atoms with Crippen LogP contribution >= 0.6 is 0 Å². The second-order valence-electron chi connectivity index (χ2n) is 5.09. The predicted octanol–water partition coefficient (Wildman–Crippen LogP) is 1.99. The van der Waals surface area contributed by atoms with Gasteiger partial charge in [0.15, 0.2) is 0 Å². The maximum absolute atomic E-state index is 9.44. The number of phenols is 1. The van der Waals surface area contributed by atoms with Crippen molar-refractivity contribution in [3.63, 3.8) is 0 Å². The van der Waals surface area contributed by atoms with Crippen LogP contribution in [0.15, 0.2) is 18.2 Å². The van der Waals surface area contributed by atoms with Crippen LogP contribution in [0.25, 0.3) is 0 Å². The van der Waals surface area contributed by atoms with Crippen LogP contribution in [-0.2, 0) is 6.42 Å². The van der Waals surface area contributed by atoms with E-state index in [-0.39, 0.29) is 12.5 Å². The first-order chi connectivity index (χ1) is 8.11. The molecule has 1 aliphatic rings. The number of hydrogen-bond donors (Lipinski definition) is 3. The molecule has 0 saturated carbocycles. The van der Waals surface area contributed by atoms with Crippen molar-refractivity contribution in [3.05, 3.63) is 29.3 Å². The molecule has 3 nitrogen and oxygen atoms in total. The number of aryl methyl sites for hydroxylation is 1. The zero-order chi connectivity index (χ0) is 12.4. The highest BCUT2D eigenvalue weighted by Crippen LogP contribution is 2.33. The van der Waals surface area contributed by atoms with Crippen LogP contribution in [0.3, 0.4) is 0 Å². The van der Waals surface area contributed by atoms with Crippen molar-refractivity contribution in [2.45, 2.75) is 38.8 Å². The fourth-order valence-corrected chi connectivity index (χ4v) is 2.42. The lowest BCUT2D eigenvalue weighted by molar-refractivity contribution is 0.200. The van der Waals surface area contributed by atoms with E-state index in [1.165, 1.54) is 11.1 Å². The van der Waals surface area contributed by atoms with Gasteiger partial charge in [-0.15, -0.1) is 0 Å². The summed E-state index contributed by atoms with van der Waals surface area (Å²) in [5.41, 5.74) is 2.53. The van der Waals surface area contributed by atoms with Gasteiger partial charge in [-0.05, 0) is 48.9 Å². The maximum atomic E-state index is 9.44. The Morgan fingerprint density at radius 1 is 1.41 bits per heavy atom. The molecule has 3 atom stereocenters. The van der Waals surface area contributed by atoms with Crippen molar-refractivity contribution in [1.29, 1.82) is 0 Å². The molecule has 0 heterocycles. The summed E-state index contributed by atoms with van der Waals surface area (Å²) in [5, 5.41) is 22.1.